The smallest absolute Gasteiger partial charge is 0.335 e. The molecule has 3 aliphatic rings. The molecule has 2 aromatic carbocycles. The van der Waals surface area contributed by atoms with E-state index < -0.39 is 5.97 Å². The van der Waals surface area contributed by atoms with E-state index in [0.717, 1.165) is 72.8 Å². The van der Waals surface area contributed by atoms with Gasteiger partial charge in [0, 0.05) is 18.4 Å². The van der Waals surface area contributed by atoms with Gasteiger partial charge >= 0.3 is 5.97 Å². The van der Waals surface area contributed by atoms with Gasteiger partial charge in [0.25, 0.3) is 0 Å². The molecule has 2 saturated heterocycles. The van der Waals surface area contributed by atoms with E-state index in [9.17, 15) is 9.90 Å². The van der Waals surface area contributed by atoms with Crippen LogP contribution in [0.3, 0.4) is 0 Å². The summed E-state index contributed by atoms with van der Waals surface area (Å²) < 4.78 is 14.4. The van der Waals surface area contributed by atoms with Crippen molar-refractivity contribution in [2.75, 3.05) is 19.7 Å². The van der Waals surface area contributed by atoms with Crippen LogP contribution in [0, 0.1) is 11.3 Å². The standard InChI is InChI=1S/C33H31N5O4/c34-17-21-4-7-28(35-18-21)30-9-6-23-2-1-3-26(32(23)42-30)22-10-13-37(14-11-22)20-31-36-27-8-5-24(33(39)40)16-29(27)38(31)19-25-12-15-41-25/h1-9,16,18,22,25,30H,10-15,19-20H2,(H,39,40). The van der Waals surface area contributed by atoms with E-state index >= 15 is 0 Å². The molecule has 4 aromatic rings. The minimum Gasteiger partial charge on any atom is -0.479 e. The van der Waals surface area contributed by atoms with Crippen LogP contribution in [0.25, 0.3) is 17.1 Å². The average molecular weight is 562 g/mol. The van der Waals surface area contributed by atoms with Crippen molar-refractivity contribution >= 4 is 23.1 Å². The monoisotopic (exact) mass is 561 g/mol. The highest BCUT2D eigenvalue weighted by Gasteiger charge is 2.29. The van der Waals surface area contributed by atoms with E-state index in [4.69, 9.17) is 19.7 Å². The molecule has 2 unspecified atom stereocenters. The van der Waals surface area contributed by atoms with Crippen LogP contribution in [0.15, 0.2) is 60.8 Å². The van der Waals surface area contributed by atoms with Crippen LogP contribution >= 0.6 is 0 Å². The molecule has 0 radical (unpaired) electrons. The number of rotatable bonds is 7. The van der Waals surface area contributed by atoms with Crippen molar-refractivity contribution in [1.82, 2.24) is 19.4 Å². The van der Waals surface area contributed by atoms with Crippen LogP contribution in [0.4, 0.5) is 0 Å². The lowest BCUT2D eigenvalue weighted by Crippen LogP contribution is -2.35. The summed E-state index contributed by atoms with van der Waals surface area (Å²) in [6.45, 7) is 4.01. The number of fused-ring (bicyclic) bond motifs is 2. The zero-order valence-corrected chi connectivity index (χ0v) is 23.1. The van der Waals surface area contributed by atoms with Gasteiger partial charge in [-0.05, 0) is 80.2 Å². The van der Waals surface area contributed by atoms with Crippen LogP contribution in [-0.2, 0) is 17.8 Å². The van der Waals surface area contributed by atoms with Gasteiger partial charge in [-0.3, -0.25) is 9.88 Å². The summed E-state index contributed by atoms with van der Waals surface area (Å²) in [5.41, 5.74) is 5.55. The molecular weight excluding hydrogens is 530 g/mol. The molecule has 0 bridgehead atoms. The van der Waals surface area contributed by atoms with Crippen LogP contribution in [-0.4, -0.2) is 56.3 Å². The second-order valence-corrected chi connectivity index (χ2v) is 11.2. The maximum atomic E-state index is 11.6. The number of benzene rings is 2. The Balaban J connectivity index is 1.07. The first kappa shape index (κ1) is 26.4. The van der Waals surface area contributed by atoms with E-state index in [1.165, 1.54) is 5.56 Å². The molecule has 0 amide bonds. The van der Waals surface area contributed by atoms with Gasteiger partial charge in [0.15, 0.2) is 6.10 Å². The Labute approximate surface area is 243 Å². The van der Waals surface area contributed by atoms with Crippen LogP contribution < -0.4 is 4.74 Å². The van der Waals surface area contributed by atoms with Crippen molar-refractivity contribution in [1.29, 1.82) is 5.26 Å². The summed E-state index contributed by atoms with van der Waals surface area (Å²) in [4.78, 5) is 23.4. The lowest BCUT2D eigenvalue weighted by Gasteiger charge is -2.34. The summed E-state index contributed by atoms with van der Waals surface area (Å²) in [5, 5.41) is 18.6. The summed E-state index contributed by atoms with van der Waals surface area (Å²) in [6, 6.07) is 17.3. The molecule has 0 saturated carbocycles. The Morgan fingerprint density at radius 2 is 1.98 bits per heavy atom. The second-order valence-electron chi connectivity index (χ2n) is 11.2. The fourth-order valence-electron chi connectivity index (χ4n) is 6.18. The van der Waals surface area contributed by atoms with Gasteiger partial charge in [0.2, 0.25) is 0 Å². The van der Waals surface area contributed by atoms with E-state index in [0.29, 0.717) is 24.6 Å². The number of carboxylic acids is 1. The van der Waals surface area contributed by atoms with Gasteiger partial charge in [0.1, 0.15) is 17.6 Å². The Bertz CT molecular complexity index is 1710. The number of carboxylic acid groups (broad SMARTS) is 1. The van der Waals surface area contributed by atoms with Crippen molar-refractivity contribution in [3.63, 3.8) is 0 Å². The highest BCUT2D eigenvalue weighted by Crippen LogP contribution is 2.41. The molecule has 2 aromatic heterocycles. The predicted molar refractivity (Wildman–Crippen MR) is 156 cm³/mol. The number of likely N-dealkylation sites (tertiary alicyclic amines) is 1. The maximum Gasteiger partial charge on any atom is 0.335 e. The third kappa shape index (κ3) is 5.04. The average Bonchev–Trinajstić information content (AvgIpc) is 3.34. The summed E-state index contributed by atoms with van der Waals surface area (Å²) in [7, 11) is 0. The SMILES string of the molecule is N#Cc1ccc(C2C=Cc3cccc(C4CCN(Cc5nc6ccc(C(=O)O)cc6n5CC5CCO5)CC4)c3O2)nc1. The third-order valence-corrected chi connectivity index (χ3v) is 8.62. The normalized spacial score (nSPS) is 20.5. The quantitative estimate of drug-likeness (QED) is 0.323. The number of piperidine rings is 1. The van der Waals surface area contributed by atoms with Gasteiger partial charge < -0.3 is 19.1 Å². The zero-order valence-electron chi connectivity index (χ0n) is 23.1. The van der Waals surface area contributed by atoms with E-state index in [-0.39, 0.29) is 17.8 Å². The molecule has 1 N–H and O–H groups in total. The van der Waals surface area contributed by atoms with E-state index in [2.05, 4.69) is 44.8 Å². The number of aromatic carboxylic acids is 1. The molecule has 9 nitrogen and oxygen atoms in total. The minimum atomic E-state index is -0.935. The van der Waals surface area contributed by atoms with Gasteiger partial charge in [-0.2, -0.15) is 5.26 Å². The number of aromatic nitrogens is 3. The van der Waals surface area contributed by atoms with Gasteiger partial charge in [0.05, 0.1) is 47.0 Å². The van der Waals surface area contributed by atoms with Crippen molar-refractivity contribution in [3.05, 3.63) is 94.6 Å². The van der Waals surface area contributed by atoms with Gasteiger partial charge in [-0.25, -0.2) is 9.78 Å². The Hall–Kier alpha value is -4.52. The molecule has 212 valence electrons. The van der Waals surface area contributed by atoms with Crippen LogP contribution in [0.2, 0.25) is 0 Å². The molecule has 2 fully saturated rings. The first-order valence-corrected chi connectivity index (χ1v) is 14.5. The van der Waals surface area contributed by atoms with Gasteiger partial charge in [-0.15, -0.1) is 0 Å². The molecule has 9 heteroatoms. The van der Waals surface area contributed by atoms with Crippen molar-refractivity contribution in [2.24, 2.45) is 0 Å². The van der Waals surface area contributed by atoms with Crippen molar-refractivity contribution in [3.8, 4) is 11.8 Å². The number of pyridine rings is 1. The molecule has 0 aliphatic carbocycles. The molecular formula is C33H31N5O4. The number of carbonyl (C=O) groups is 1. The number of imidazole rings is 1. The maximum absolute atomic E-state index is 11.6. The Morgan fingerprint density at radius 3 is 2.69 bits per heavy atom. The highest BCUT2D eigenvalue weighted by atomic mass is 16.5. The van der Waals surface area contributed by atoms with E-state index in [1.54, 1.807) is 30.5 Å². The van der Waals surface area contributed by atoms with Crippen molar-refractivity contribution < 1.29 is 19.4 Å². The Kier molecular flexibility index (Phi) is 6.94. The zero-order chi connectivity index (χ0) is 28.6. The molecule has 0 spiro atoms. The topological polar surface area (TPSA) is 114 Å². The summed E-state index contributed by atoms with van der Waals surface area (Å²) in [6.07, 6.45) is 8.56. The summed E-state index contributed by atoms with van der Waals surface area (Å²) in [5.74, 6) is 1.31. The molecule has 7 rings (SSSR count). The number of nitriles is 1. The van der Waals surface area contributed by atoms with E-state index in [1.807, 2.05) is 12.1 Å². The fraction of sp³-hybridized carbons (Fsp3) is 0.333. The van der Waals surface area contributed by atoms with Crippen molar-refractivity contribution in [2.45, 2.75) is 50.5 Å². The molecule has 3 aliphatic heterocycles. The first-order valence-electron chi connectivity index (χ1n) is 14.5. The third-order valence-electron chi connectivity index (χ3n) is 8.62. The van der Waals surface area contributed by atoms with Crippen LogP contribution in [0.1, 0.15) is 69.9 Å². The number of hydrogen-bond acceptors (Lipinski definition) is 7. The first-order chi connectivity index (χ1) is 20.6. The fourth-order valence-corrected chi connectivity index (χ4v) is 6.18. The number of ether oxygens (including phenoxy) is 2. The summed E-state index contributed by atoms with van der Waals surface area (Å²) >= 11 is 0. The molecule has 5 heterocycles. The molecule has 2 atom stereocenters. The number of para-hydroxylation sites is 1. The predicted octanol–water partition coefficient (Wildman–Crippen LogP) is 5.32. The lowest BCUT2D eigenvalue weighted by molar-refractivity contribution is -0.0592. The second kappa shape index (κ2) is 11.0. The van der Waals surface area contributed by atoms with Crippen LogP contribution in [0.5, 0.6) is 5.75 Å². The largest absolute Gasteiger partial charge is 0.479 e. The highest BCUT2D eigenvalue weighted by molar-refractivity contribution is 5.92. The number of nitrogens with zero attached hydrogens (tertiary/aromatic N) is 5. The lowest BCUT2D eigenvalue weighted by atomic mass is 9.87. The van der Waals surface area contributed by atoms with Gasteiger partial charge in [-0.1, -0.05) is 24.3 Å². The number of hydrogen-bond donors (Lipinski definition) is 1. The minimum absolute atomic E-state index is 0.141. The Morgan fingerprint density at radius 1 is 1.12 bits per heavy atom. The molecule has 42 heavy (non-hydrogen) atoms.